The summed E-state index contributed by atoms with van der Waals surface area (Å²) in [6, 6.07) is 3.78. The van der Waals surface area contributed by atoms with Gasteiger partial charge < -0.3 is 16.0 Å². The second-order valence-corrected chi connectivity index (χ2v) is 6.40. The SMILES string of the molecule is CCSc1ccc(C)nc1-c1nc(/C=C(\N)C(F)(F)F)c(N)n1C. The van der Waals surface area contributed by atoms with E-state index in [0.29, 0.717) is 11.5 Å². The van der Waals surface area contributed by atoms with Crippen molar-refractivity contribution in [1.29, 1.82) is 0 Å². The van der Waals surface area contributed by atoms with Gasteiger partial charge in [-0.3, -0.25) is 0 Å². The van der Waals surface area contributed by atoms with Gasteiger partial charge in [-0.1, -0.05) is 6.92 Å². The highest BCUT2D eigenvalue weighted by molar-refractivity contribution is 7.99. The molecule has 0 aliphatic heterocycles. The van der Waals surface area contributed by atoms with E-state index in [4.69, 9.17) is 11.5 Å². The van der Waals surface area contributed by atoms with Gasteiger partial charge >= 0.3 is 6.18 Å². The predicted molar refractivity (Wildman–Crippen MR) is 90.2 cm³/mol. The summed E-state index contributed by atoms with van der Waals surface area (Å²) in [7, 11) is 1.63. The Bertz CT molecular complexity index is 780. The van der Waals surface area contributed by atoms with Crippen molar-refractivity contribution in [1.82, 2.24) is 14.5 Å². The summed E-state index contributed by atoms with van der Waals surface area (Å²) < 4.78 is 39.4. The number of rotatable bonds is 4. The van der Waals surface area contributed by atoms with Crippen LogP contribution < -0.4 is 11.5 Å². The second-order valence-electron chi connectivity index (χ2n) is 5.09. The van der Waals surface area contributed by atoms with Crippen molar-refractivity contribution in [3.8, 4) is 11.5 Å². The number of halogens is 3. The molecule has 0 saturated heterocycles. The van der Waals surface area contributed by atoms with Crippen LogP contribution in [-0.2, 0) is 7.05 Å². The zero-order valence-corrected chi connectivity index (χ0v) is 14.3. The summed E-state index contributed by atoms with van der Waals surface area (Å²) in [6.07, 6.45) is -3.89. The van der Waals surface area contributed by atoms with Crippen LogP contribution in [0.4, 0.5) is 19.0 Å². The third kappa shape index (κ3) is 3.66. The number of alkyl halides is 3. The van der Waals surface area contributed by atoms with Crippen molar-refractivity contribution in [3.05, 3.63) is 29.2 Å². The van der Waals surface area contributed by atoms with E-state index in [1.807, 2.05) is 26.0 Å². The fourth-order valence-corrected chi connectivity index (χ4v) is 2.80. The van der Waals surface area contributed by atoms with Gasteiger partial charge in [-0.25, -0.2) is 9.97 Å². The molecule has 0 aromatic carbocycles. The molecule has 130 valence electrons. The third-order valence-corrected chi connectivity index (χ3v) is 4.23. The largest absolute Gasteiger partial charge is 0.430 e. The average Bonchev–Trinajstić information content (AvgIpc) is 2.77. The fraction of sp³-hybridized carbons (Fsp3) is 0.333. The van der Waals surface area contributed by atoms with Crippen molar-refractivity contribution in [3.63, 3.8) is 0 Å². The molecule has 0 aliphatic carbocycles. The van der Waals surface area contributed by atoms with Crippen LogP contribution in [0.2, 0.25) is 0 Å². The number of allylic oxidation sites excluding steroid dienone is 1. The Labute approximate surface area is 142 Å². The highest BCUT2D eigenvalue weighted by Crippen LogP contribution is 2.32. The van der Waals surface area contributed by atoms with Crippen LogP contribution in [0.3, 0.4) is 0 Å². The minimum atomic E-state index is -4.63. The number of hydrogen-bond acceptors (Lipinski definition) is 5. The molecule has 0 bridgehead atoms. The molecular formula is C15H18F3N5S. The van der Waals surface area contributed by atoms with Crippen LogP contribution >= 0.6 is 11.8 Å². The first-order valence-electron chi connectivity index (χ1n) is 7.12. The summed E-state index contributed by atoms with van der Waals surface area (Å²) >= 11 is 1.57. The number of anilines is 1. The Balaban J connectivity index is 2.59. The van der Waals surface area contributed by atoms with E-state index < -0.39 is 11.9 Å². The molecule has 0 saturated carbocycles. The smallest absolute Gasteiger partial charge is 0.395 e. The van der Waals surface area contributed by atoms with Crippen molar-refractivity contribution in [2.24, 2.45) is 12.8 Å². The van der Waals surface area contributed by atoms with Crippen molar-refractivity contribution in [2.45, 2.75) is 24.9 Å². The highest BCUT2D eigenvalue weighted by atomic mass is 32.2. The van der Waals surface area contributed by atoms with E-state index in [9.17, 15) is 13.2 Å². The summed E-state index contributed by atoms with van der Waals surface area (Å²) in [5.41, 5.74) is 11.0. The lowest BCUT2D eigenvalue weighted by Gasteiger charge is -2.08. The lowest BCUT2D eigenvalue weighted by molar-refractivity contribution is -0.0916. The molecule has 0 atom stereocenters. The summed E-state index contributed by atoms with van der Waals surface area (Å²) in [5, 5.41) is 0. The molecule has 0 spiro atoms. The molecule has 2 heterocycles. The third-order valence-electron chi connectivity index (χ3n) is 3.30. The van der Waals surface area contributed by atoms with Gasteiger partial charge in [-0.2, -0.15) is 13.2 Å². The Kier molecular flexibility index (Phi) is 5.12. The second kappa shape index (κ2) is 6.76. The van der Waals surface area contributed by atoms with Crippen molar-refractivity contribution >= 4 is 23.7 Å². The molecule has 2 aromatic rings. The number of hydrogen-bond donors (Lipinski definition) is 2. The van der Waals surface area contributed by atoms with Gasteiger partial charge in [0.1, 0.15) is 22.9 Å². The van der Waals surface area contributed by atoms with Gasteiger partial charge in [0.2, 0.25) is 0 Å². The maximum atomic E-state index is 12.6. The first-order chi connectivity index (χ1) is 11.1. The molecule has 0 radical (unpaired) electrons. The number of nitrogens with two attached hydrogens (primary N) is 2. The quantitative estimate of drug-likeness (QED) is 0.820. The highest BCUT2D eigenvalue weighted by Gasteiger charge is 2.32. The lowest BCUT2D eigenvalue weighted by atomic mass is 10.3. The summed E-state index contributed by atoms with van der Waals surface area (Å²) in [4.78, 5) is 9.58. The van der Waals surface area contributed by atoms with Gasteiger partial charge in [0.15, 0.2) is 5.82 Å². The molecular weight excluding hydrogens is 339 g/mol. The molecule has 0 fully saturated rings. The average molecular weight is 357 g/mol. The Morgan fingerprint density at radius 3 is 2.58 bits per heavy atom. The van der Waals surface area contributed by atoms with E-state index in [1.54, 1.807) is 18.8 Å². The molecule has 4 N–H and O–H groups in total. The molecule has 0 amide bonds. The van der Waals surface area contributed by atoms with E-state index in [-0.39, 0.29) is 11.5 Å². The van der Waals surface area contributed by atoms with E-state index >= 15 is 0 Å². The molecule has 0 aliphatic rings. The fourth-order valence-electron chi connectivity index (χ4n) is 2.06. The van der Waals surface area contributed by atoms with Crippen molar-refractivity contribution < 1.29 is 13.2 Å². The van der Waals surface area contributed by atoms with Crippen LogP contribution in [-0.4, -0.2) is 26.5 Å². The number of aromatic nitrogens is 3. The van der Waals surface area contributed by atoms with E-state index in [1.165, 1.54) is 4.57 Å². The van der Waals surface area contributed by atoms with Gasteiger partial charge in [-0.15, -0.1) is 11.8 Å². The number of imidazole rings is 1. The van der Waals surface area contributed by atoms with Crippen LogP contribution in [0.1, 0.15) is 18.3 Å². The van der Waals surface area contributed by atoms with Crippen LogP contribution in [0.15, 0.2) is 22.7 Å². The zero-order chi connectivity index (χ0) is 18.1. The lowest BCUT2D eigenvalue weighted by Crippen LogP contribution is -2.19. The summed E-state index contributed by atoms with van der Waals surface area (Å²) in [6.45, 7) is 3.83. The van der Waals surface area contributed by atoms with Crippen LogP contribution in [0.5, 0.6) is 0 Å². The normalized spacial score (nSPS) is 12.7. The standard InChI is InChI=1S/C15H18F3N5S/c1-4-24-10-6-5-8(2)21-12(10)14-22-9(13(20)23(14)3)7-11(19)15(16,17)18/h5-7H,4,19-20H2,1-3H3/b11-7-. The predicted octanol–water partition coefficient (Wildman–Crippen LogP) is 3.35. The maximum Gasteiger partial charge on any atom is 0.430 e. The zero-order valence-electron chi connectivity index (χ0n) is 13.5. The maximum absolute atomic E-state index is 12.6. The topological polar surface area (TPSA) is 82.8 Å². The Morgan fingerprint density at radius 1 is 1.33 bits per heavy atom. The molecule has 24 heavy (non-hydrogen) atoms. The van der Waals surface area contributed by atoms with E-state index in [0.717, 1.165) is 22.4 Å². The number of thioether (sulfide) groups is 1. The Morgan fingerprint density at radius 2 is 2.00 bits per heavy atom. The molecule has 0 unspecified atom stereocenters. The van der Waals surface area contributed by atoms with Crippen LogP contribution in [0.25, 0.3) is 17.6 Å². The first kappa shape index (κ1) is 18.2. The monoisotopic (exact) mass is 357 g/mol. The molecule has 2 rings (SSSR count). The molecule has 9 heteroatoms. The van der Waals surface area contributed by atoms with Crippen molar-refractivity contribution in [2.75, 3.05) is 11.5 Å². The molecule has 2 aromatic heterocycles. The van der Waals surface area contributed by atoms with E-state index in [2.05, 4.69) is 9.97 Å². The first-order valence-corrected chi connectivity index (χ1v) is 8.11. The van der Waals surface area contributed by atoms with Gasteiger partial charge in [0, 0.05) is 17.6 Å². The molecule has 5 nitrogen and oxygen atoms in total. The van der Waals surface area contributed by atoms with Gasteiger partial charge in [0.05, 0.1) is 0 Å². The number of aryl methyl sites for hydroxylation is 1. The summed E-state index contributed by atoms with van der Waals surface area (Å²) in [5.74, 6) is 1.31. The van der Waals surface area contributed by atoms with Crippen LogP contribution in [0, 0.1) is 6.92 Å². The Hall–Kier alpha value is -2.16. The minimum absolute atomic E-state index is 0.0296. The minimum Gasteiger partial charge on any atom is -0.395 e. The van der Waals surface area contributed by atoms with Gasteiger partial charge in [0.25, 0.3) is 0 Å². The van der Waals surface area contributed by atoms with Gasteiger partial charge in [-0.05, 0) is 30.9 Å². The number of nitrogen functional groups attached to an aromatic ring is 1. The number of pyridine rings is 1. The number of nitrogens with zero attached hydrogens (tertiary/aromatic N) is 3.